The van der Waals surface area contributed by atoms with Crippen LogP contribution in [0.1, 0.15) is 36.9 Å². The fourth-order valence-electron chi connectivity index (χ4n) is 2.04. The Labute approximate surface area is 151 Å². The summed E-state index contributed by atoms with van der Waals surface area (Å²) in [6, 6.07) is 9.84. The number of hydrogen-bond donors (Lipinski definition) is 1. The second kappa shape index (κ2) is 8.80. The van der Waals surface area contributed by atoms with Crippen molar-refractivity contribution in [2.24, 2.45) is 5.92 Å². The molecule has 1 unspecified atom stereocenters. The highest BCUT2D eigenvalue weighted by molar-refractivity contribution is 6.01. The van der Waals surface area contributed by atoms with Crippen LogP contribution in [0.4, 0.5) is 5.69 Å². The van der Waals surface area contributed by atoms with Crippen molar-refractivity contribution in [2.75, 3.05) is 5.32 Å². The molecule has 2 rings (SSSR count). The first-order valence-corrected chi connectivity index (χ1v) is 8.24. The maximum atomic E-state index is 12.3. The number of hydrogen-bond acceptors (Lipinski definition) is 5. The van der Waals surface area contributed by atoms with Crippen LogP contribution < -0.4 is 5.32 Å². The number of carbonyl (C=O) groups is 3. The number of ether oxygens (including phenoxy) is 1. The van der Waals surface area contributed by atoms with E-state index in [4.69, 9.17) is 9.15 Å². The number of esters is 1. The third-order valence-corrected chi connectivity index (χ3v) is 3.55. The molecule has 0 fully saturated rings. The molecule has 2 aromatic rings. The standard InChI is InChI=1S/C20H21NO5/c1-13(2)20(24)21-16-8-6-15(7-9-16)19(23)14(3)26-18(22)11-10-17-5-4-12-25-17/h4-14H,1-3H3,(H,21,24)/b11-10+. The van der Waals surface area contributed by atoms with Crippen molar-refractivity contribution in [3.05, 3.63) is 60.1 Å². The van der Waals surface area contributed by atoms with Crippen LogP contribution in [0.2, 0.25) is 0 Å². The molecule has 0 radical (unpaired) electrons. The van der Waals surface area contributed by atoms with E-state index in [1.165, 1.54) is 25.3 Å². The van der Waals surface area contributed by atoms with Crippen LogP contribution in [0, 0.1) is 5.92 Å². The molecule has 1 aromatic heterocycles. The SMILES string of the molecule is CC(C)C(=O)Nc1ccc(C(=O)C(C)OC(=O)/C=C/c2ccco2)cc1. The van der Waals surface area contributed by atoms with Gasteiger partial charge in [-0.25, -0.2) is 4.79 Å². The Morgan fingerprint density at radius 2 is 1.77 bits per heavy atom. The van der Waals surface area contributed by atoms with Crippen LogP contribution >= 0.6 is 0 Å². The summed E-state index contributed by atoms with van der Waals surface area (Å²) >= 11 is 0. The van der Waals surface area contributed by atoms with Crippen LogP contribution in [0.25, 0.3) is 6.08 Å². The zero-order valence-electron chi connectivity index (χ0n) is 14.9. The van der Waals surface area contributed by atoms with Crippen LogP contribution in [0.3, 0.4) is 0 Å². The molecule has 1 N–H and O–H groups in total. The minimum Gasteiger partial charge on any atom is -0.465 e. The number of benzene rings is 1. The lowest BCUT2D eigenvalue weighted by molar-refractivity contribution is -0.140. The largest absolute Gasteiger partial charge is 0.465 e. The molecule has 26 heavy (non-hydrogen) atoms. The van der Waals surface area contributed by atoms with E-state index in [1.54, 1.807) is 50.2 Å². The fourth-order valence-corrected chi connectivity index (χ4v) is 2.04. The van der Waals surface area contributed by atoms with Gasteiger partial charge in [0.15, 0.2) is 6.10 Å². The van der Waals surface area contributed by atoms with E-state index in [0.29, 0.717) is 17.0 Å². The molecular weight excluding hydrogens is 334 g/mol. The lowest BCUT2D eigenvalue weighted by atomic mass is 10.1. The van der Waals surface area contributed by atoms with Crippen molar-refractivity contribution in [1.82, 2.24) is 0 Å². The van der Waals surface area contributed by atoms with Gasteiger partial charge in [0, 0.05) is 23.2 Å². The normalized spacial score (nSPS) is 12.2. The van der Waals surface area contributed by atoms with Crippen molar-refractivity contribution in [2.45, 2.75) is 26.9 Å². The number of carbonyl (C=O) groups excluding carboxylic acids is 3. The number of anilines is 1. The highest BCUT2D eigenvalue weighted by atomic mass is 16.5. The number of ketones is 1. The average molecular weight is 355 g/mol. The first-order valence-electron chi connectivity index (χ1n) is 8.24. The van der Waals surface area contributed by atoms with Gasteiger partial charge >= 0.3 is 5.97 Å². The first kappa shape index (κ1) is 19.2. The Hall–Kier alpha value is -3.15. The van der Waals surface area contributed by atoms with Crippen LogP contribution in [0.15, 0.2) is 53.2 Å². The van der Waals surface area contributed by atoms with E-state index < -0.39 is 12.1 Å². The molecule has 0 spiro atoms. The topological polar surface area (TPSA) is 85.6 Å². The second-order valence-corrected chi connectivity index (χ2v) is 6.01. The predicted octanol–water partition coefficient (Wildman–Crippen LogP) is 3.70. The number of Topliss-reactive ketones (excluding diaryl/α,β-unsaturated/α-hetero) is 1. The van der Waals surface area contributed by atoms with Crippen molar-refractivity contribution < 1.29 is 23.5 Å². The average Bonchev–Trinajstić information content (AvgIpc) is 3.13. The summed E-state index contributed by atoms with van der Waals surface area (Å²) in [5, 5.41) is 2.75. The van der Waals surface area contributed by atoms with Gasteiger partial charge in [-0.15, -0.1) is 0 Å². The predicted molar refractivity (Wildman–Crippen MR) is 97.5 cm³/mol. The van der Waals surface area contributed by atoms with Crippen molar-refractivity contribution in [3.63, 3.8) is 0 Å². The van der Waals surface area contributed by atoms with Gasteiger partial charge < -0.3 is 14.5 Å². The van der Waals surface area contributed by atoms with Gasteiger partial charge in [0.1, 0.15) is 5.76 Å². The summed E-state index contributed by atoms with van der Waals surface area (Å²) in [6.07, 6.45) is 3.23. The highest BCUT2D eigenvalue weighted by Crippen LogP contribution is 2.14. The van der Waals surface area contributed by atoms with E-state index >= 15 is 0 Å². The molecular formula is C20H21NO5. The molecule has 0 aliphatic rings. The molecule has 1 aromatic carbocycles. The summed E-state index contributed by atoms with van der Waals surface area (Å²) in [7, 11) is 0. The van der Waals surface area contributed by atoms with Gasteiger partial charge in [-0.1, -0.05) is 13.8 Å². The van der Waals surface area contributed by atoms with Crippen molar-refractivity contribution in [3.8, 4) is 0 Å². The van der Waals surface area contributed by atoms with E-state index in [9.17, 15) is 14.4 Å². The maximum absolute atomic E-state index is 12.3. The monoisotopic (exact) mass is 355 g/mol. The zero-order valence-corrected chi connectivity index (χ0v) is 14.9. The molecule has 0 aliphatic carbocycles. The summed E-state index contributed by atoms with van der Waals surface area (Å²) in [6.45, 7) is 5.10. The summed E-state index contributed by atoms with van der Waals surface area (Å²) in [5.41, 5.74) is 0.995. The van der Waals surface area contributed by atoms with Gasteiger partial charge in [-0.3, -0.25) is 9.59 Å². The Kier molecular flexibility index (Phi) is 6.49. The highest BCUT2D eigenvalue weighted by Gasteiger charge is 2.18. The zero-order chi connectivity index (χ0) is 19.1. The molecule has 0 saturated heterocycles. The summed E-state index contributed by atoms with van der Waals surface area (Å²) < 4.78 is 10.2. The van der Waals surface area contributed by atoms with Gasteiger partial charge in [-0.2, -0.15) is 0 Å². The molecule has 0 aliphatic heterocycles. The molecule has 6 nitrogen and oxygen atoms in total. The minimum atomic E-state index is -0.931. The van der Waals surface area contributed by atoms with E-state index in [0.717, 1.165) is 0 Å². The Balaban J connectivity index is 1.92. The van der Waals surface area contributed by atoms with E-state index in [-0.39, 0.29) is 17.6 Å². The number of nitrogens with one attached hydrogen (secondary N) is 1. The molecule has 1 amide bonds. The minimum absolute atomic E-state index is 0.102. The quantitative estimate of drug-likeness (QED) is 0.465. The smallest absolute Gasteiger partial charge is 0.331 e. The van der Waals surface area contributed by atoms with Crippen LogP contribution in [-0.2, 0) is 14.3 Å². The van der Waals surface area contributed by atoms with Crippen LogP contribution in [0.5, 0.6) is 0 Å². The Morgan fingerprint density at radius 1 is 1.08 bits per heavy atom. The Morgan fingerprint density at radius 3 is 2.35 bits per heavy atom. The first-order chi connectivity index (χ1) is 12.4. The third-order valence-electron chi connectivity index (χ3n) is 3.55. The molecule has 1 atom stereocenters. The lowest BCUT2D eigenvalue weighted by Gasteiger charge is -2.12. The molecule has 1 heterocycles. The lowest BCUT2D eigenvalue weighted by Crippen LogP contribution is -2.23. The van der Waals surface area contributed by atoms with Crippen molar-refractivity contribution >= 4 is 29.4 Å². The molecule has 136 valence electrons. The van der Waals surface area contributed by atoms with Gasteiger partial charge in [0.2, 0.25) is 11.7 Å². The molecule has 6 heteroatoms. The van der Waals surface area contributed by atoms with Gasteiger partial charge in [0.05, 0.1) is 6.26 Å². The van der Waals surface area contributed by atoms with E-state index in [2.05, 4.69) is 5.32 Å². The maximum Gasteiger partial charge on any atom is 0.331 e. The van der Waals surface area contributed by atoms with E-state index in [1.807, 2.05) is 0 Å². The fraction of sp³-hybridized carbons (Fsp3) is 0.250. The van der Waals surface area contributed by atoms with Crippen molar-refractivity contribution in [1.29, 1.82) is 0 Å². The Bertz CT molecular complexity index is 788. The third kappa shape index (κ3) is 5.44. The summed E-state index contributed by atoms with van der Waals surface area (Å²) in [4.78, 5) is 35.8. The number of rotatable bonds is 7. The summed E-state index contributed by atoms with van der Waals surface area (Å²) in [5.74, 6) is -0.686. The number of amides is 1. The number of furan rings is 1. The second-order valence-electron chi connectivity index (χ2n) is 6.01. The van der Waals surface area contributed by atoms with Gasteiger partial charge in [-0.05, 0) is 49.4 Å². The molecule has 0 bridgehead atoms. The molecule has 0 saturated carbocycles. The van der Waals surface area contributed by atoms with Gasteiger partial charge in [0.25, 0.3) is 0 Å². The van der Waals surface area contributed by atoms with Crippen LogP contribution in [-0.4, -0.2) is 23.8 Å².